The summed E-state index contributed by atoms with van der Waals surface area (Å²) in [4.78, 5) is 2.54. The van der Waals surface area contributed by atoms with Gasteiger partial charge in [-0.1, -0.05) is 48.2 Å². The van der Waals surface area contributed by atoms with Crippen LogP contribution >= 0.6 is 11.8 Å². The summed E-state index contributed by atoms with van der Waals surface area (Å²) < 4.78 is 0. The van der Waals surface area contributed by atoms with Crippen molar-refractivity contribution in [2.24, 2.45) is 5.73 Å². The summed E-state index contributed by atoms with van der Waals surface area (Å²) in [5.74, 6) is 0. The predicted octanol–water partition coefficient (Wildman–Crippen LogP) is 4.17. The lowest BCUT2D eigenvalue weighted by molar-refractivity contribution is 0.797. The Balaban J connectivity index is 2.34. The number of nitrogens with two attached hydrogens (primary N) is 1. The van der Waals surface area contributed by atoms with E-state index in [1.165, 1.54) is 20.9 Å². The standard InChI is InChI=1S/C15H17NS/c1-11-7-3-5-9-14(11)17-15-10-6-4-8-13(15)12(2)16/h3-10,12H,16H2,1-2H3. The highest BCUT2D eigenvalue weighted by atomic mass is 32.2. The summed E-state index contributed by atoms with van der Waals surface area (Å²) in [5, 5.41) is 0. The molecule has 1 nitrogen and oxygen atoms in total. The van der Waals surface area contributed by atoms with Crippen LogP contribution in [0, 0.1) is 6.92 Å². The van der Waals surface area contributed by atoms with Crippen molar-refractivity contribution < 1.29 is 0 Å². The van der Waals surface area contributed by atoms with Crippen LogP contribution in [0.4, 0.5) is 0 Å². The Morgan fingerprint density at radius 2 is 1.53 bits per heavy atom. The van der Waals surface area contributed by atoms with Gasteiger partial charge in [-0.25, -0.2) is 0 Å². The van der Waals surface area contributed by atoms with Gasteiger partial charge in [0.2, 0.25) is 0 Å². The first kappa shape index (κ1) is 12.2. The molecule has 0 saturated heterocycles. The van der Waals surface area contributed by atoms with Crippen LogP contribution in [0.15, 0.2) is 58.3 Å². The molecule has 2 aromatic carbocycles. The second-order valence-corrected chi connectivity index (χ2v) is 5.28. The molecule has 0 amide bonds. The van der Waals surface area contributed by atoms with E-state index in [-0.39, 0.29) is 6.04 Å². The highest BCUT2D eigenvalue weighted by Gasteiger charge is 2.08. The van der Waals surface area contributed by atoms with Crippen LogP contribution in [0.2, 0.25) is 0 Å². The van der Waals surface area contributed by atoms with Gasteiger partial charge < -0.3 is 5.73 Å². The topological polar surface area (TPSA) is 26.0 Å². The molecule has 17 heavy (non-hydrogen) atoms. The van der Waals surface area contributed by atoms with Gasteiger partial charge in [-0.15, -0.1) is 0 Å². The van der Waals surface area contributed by atoms with Crippen molar-refractivity contribution in [3.63, 3.8) is 0 Å². The van der Waals surface area contributed by atoms with E-state index >= 15 is 0 Å². The molecule has 0 heterocycles. The van der Waals surface area contributed by atoms with Gasteiger partial charge >= 0.3 is 0 Å². The quantitative estimate of drug-likeness (QED) is 0.875. The molecule has 1 unspecified atom stereocenters. The lowest BCUT2D eigenvalue weighted by Gasteiger charge is -2.13. The maximum atomic E-state index is 5.99. The zero-order valence-electron chi connectivity index (χ0n) is 10.2. The molecule has 0 bridgehead atoms. The Labute approximate surface area is 107 Å². The second-order valence-electron chi connectivity index (χ2n) is 4.19. The van der Waals surface area contributed by atoms with Crippen LogP contribution < -0.4 is 5.73 Å². The van der Waals surface area contributed by atoms with Gasteiger partial charge in [0.1, 0.15) is 0 Å². The summed E-state index contributed by atoms with van der Waals surface area (Å²) in [6, 6.07) is 16.8. The fraction of sp³-hybridized carbons (Fsp3) is 0.200. The fourth-order valence-electron chi connectivity index (χ4n) is 1.74. The number of aryl methyl sites for hydroxylation is 1. The third-order valence-electron chi connectivity index (χ3n) is 2.72. The Morgan fingerprint density at radius 1 is 0.941 bits per heavy atom. The Kier molecular flexibility index (Phi) is 3.87. The van der Waals surface area contributed by atoms with E-state index in [4.69, 9.17) is 5.73 Å². The molecular formula is C15H17NS. The van der Waals surface area contributed by atoms with Gasteiger partial charge in [0.05, 0.1) is 0 Å². The zero-order chi connectivity index (χ0) is 12.3. The first-order chi connectivity index (χ1) is 8.18. The van der Waals surface area contributed by atoms with Crippen LogP contribution in [0.1, 0.15) is 24.1 Å². The van der Waals surface area contributed by atoms with Gasteiger partial charge in [-0.05, 0) is 37.1 Å². The minimum atomic E-state index is 0.0720. The first-order valence-electron chi connectivity index (χ1n) is 5.76. The molecule has 2 N–H and O–H groups in total. The molecule has 0 aliphatic rings. The normalized spacial score (nSPS) is 12.4. The number of hydrogen-bond acceptors (Lipinski definition) is 2. The molecular weight excluding hydrogens is 226 g/mol. The molecule has 88 valence electrons. The fourth-order valence-corrected chi connectivity index (χ4v) is 2.87. The van der Waals surface area contributed by atoms with E-state index in [2.05, 4.69) is 49.4 Å². The smallest absolute Gasteiger partial charge is 0.0277 e. The first-order valence-corrected chi connectivity index (χ1v) is 6.58. The van der Waals surface area contributed by atoms with E-state index in [0.29, 0.717) is 0 Å². The van der Waals surface area contributed by atoms with Gasteiger partial charge in [-0.3, -0.25) is 0 Å². The Hall–Kier alpha value is -1.25. The molecule has 0 aliphatic heterocycles. The summed E-state index contributed by atoms with van der Waals surface area (Å²) in [6.07, 6.45) is 0. The molecule has 0 radical (unpaired) electrons. The molecule has 1 atom stereocenters. The summed E-state index contributed by atoms with van der Waals surface area (Å²) in [6.45, 7) is 4.16. The monoisotopic (exact) mass is 243 g/mol. The van der Waals surface area contributed by atoms with Crippen molar-refractivity contribution in [2.75, 3.05) is 0 Å². The minimum absolute atomic E-state index is 0.0720. The zero-order valence-corrected chi connectivity index (χ0v) is 11.0. The summed E-state index contributed by atoms with van der Waals surface area (Å²) in [7, 11) is 0. The van der Waals surface area contributed by atoms with Crippen molar-refractivity contribution in [3.8, 4) is 0 Å². The second kappa shape index (κ2) is 5.39. The van der Waals surface area contributed by atoms with Crippen LogP contribution in [0.3, 0.4) is 0 Å². The Morgan fingerprint density at radius 3 is 2.18 bits per heavy atom. The largest absolute Gasteiger partial charge is 0.324 e. The van der Waals surface area contributed by atoms with Crippen molar-refractivity contribution in [3.05, 3.63) is 59.7 Å². The van der Waals surface area contributed by atoms with Crippen LogP contribution in [-0.4, -0.2) is 0 Å². The number of rotatable bonds is 3. The summed E-state index contributed by atoms with van der Waals surface area (Å²) >= 11 is 1.79. The van der Waals surface area contributed by atoms with E-state index in [1.54, 1.807) is 11.8 Å². The van der Waals surface area contributed by atoms with Crippen LogP contribution in [0.5, 0.6) is 0 Å². The average Bonchev–Trinajstić information content (AvgIpc) is 2.32. The van der Waals surface area contributed by atoms with Crippen molar-refractivity contribution in [2.45, 2.75) is 29.7 Å². The van der Waals surface area contributed by atoms with E-state index in [0.717, 1.165) is 0 Å². The van der Waals surface area contributed by atoms with Crippen molar-refractivity contribution >= 4 is 11.8 Å². The molecule has 2 heteroatoms. The van der Waals surface area contributed by atoms with Crippen LogP contribution in [0.25, 0.3) is 0 Å². The van der Waals surface area contributed by atoms with Gasteiger partial charge in [0.25, 0.3) is 0 Å². The molecule has 2 rings (SSSR count). The number of hydrogen-bond donors (Lipinski definition) is 1. The van der Waals surface area contributed by atoms with E-state index < -0.39 is 0 Å². The van der Waals surface area contributed by atoms with Gasteiger partial charge in [0.15, 0.2) is 0 Å². The van der Waals surface area contributed by atoms with Gasteiger partial charge in [-0.2, -0.15) is 0 Å². The minimum Gasteiger partial charge on any atom is -0.324 e. The maximum absolute atomic E-state index is 5.99. The highest BCUT2D eigenvalue weighted by Crippen LogP contribution is 2.34. The lowest BCUT2D eigenvalue weighted by atomic mass is 10.1. The lowest BCUT2D eigenvalue weighted by Crippen LogP contribution is -2.06. The van der Waals surface area contributed by atoms with Crippen molar-refractivity contribution in [1.29, 1.82) is 0 Å². The highest BCUT2D eigenvalue weighted by molar-refractivity contribution is 7.99. The average molecular weight is 243 g/mol. The molecule has 0 spiro atoms. The van der Waals surface area contributed by atoms with Crippen molar-refractivity contribution in [1.82, 2.24) is 0 Å². The molecule has 0 saturated carbocycles. The summed E-state index contributed by atoms with van der Waals surface area (Å²) in [5.41, 5.74) is 8.50. The number of benzene rings is 2. The van der Waals surface area contributed by atoms with E-state index in [9.17, 15) is 0 Å². The molecule has 0 aromatic heterocycles. The van der Waals surface area contributed by atoms with E-state index in [1.807, 2.05) is 13.0 Å². The van der Waals surface area contributed by atoms with Gasteiger partial charge in [0, 0.05) is 15.8 Å². The predicted molar refractivity (Wildman–Crippen MR) is 74.3 cm³/mol. The molecule has 0 aliphatic carbocycles. The third kappa shape index (κ3) is 2.90. The molecule has 0 fully saturated rings. The molecule has 2 aromatic rings. The Bertz CT molecular complexity index is 506. The van der Waals surface area contributed by atoms with Crippen LogP contribution in [-0.2, 0) is 0 Å². The third-order valence-corrected chi connectivity index (χ3v) is 3.99. The maximum Gasteiger partial charge on any atom is 0.0277 e. The SMILES string of the molecule is Cc1ccccc1Sc1ccccc1C(C)N.